The van der Waals surface area contributed by atoms with E-state index in [9.17, 15) is 22.8 Å². The first-order valence-corrected chi connectivity index (χ1v) is 7.20. The van der Waals surface area contributed by atoms with Gasteiger partial charge in [-0.2, -0.15) is 13.2 Å². The molecule has 0 bridgehead atoms. The van der Waals surface area contributed by atoms with E-state index in [1.54, 1.807) is 30.3 Å². The number of carbonyl (C=O) groups is 2. The Balaban J connectivity index is 2.66. The number of halogens is 3. The monoisotopic (exact) mass is 347 g/mol. The van der Waals surface area contributed by atoms with Crippen molar-refractivity contribution < 1.29 is 32.2 Å². The summed E-state index contributed by atoms with van der Waals surface area (Å²) in [5.41, 5.74) is -0.292. The molecule has 1 amide bonds. The molecule has 1 aromatic carbocycles. The first-order valence-electron chi connectivity index (χ1n) is 7.20. The molecule has 1 aromatic rings. The fraction of sp³-hybridized carbons (Fsp3) is 0.500. The lowest BCUT2D eigenvalue weighted by Gasteiger charge is -2.27. The van der Waals surface area contributed by atoms with Crippen LogP contribution in [0.25, 0.3) is 0 Å². The van der Waals surface area contributed by atoms with Crippen LogP contribution in [0.5, 0.6) is 0 Å². The van der Waals surface area contributed by atoms with Gasteiger partial charge in [0.05, 0.1) is 0 Å². The molecule has 0 radical (unpaired) electrons. The molecule has 5 nitrogen and oxygen atoms in total. The maximum atomic E-state index is 12.6. The zero-order valence-electron chi connectivity index (χ0n) is 13.7. The Kier molecular flexibility index (Phi) is 6.62. The molecule has 0 spiro atoms. The zero-order valence-corrected chi connectivity index (χ0v) is 13.7. The Morgan fingerprint density at radius 3 is 2.17 bits per heavy atom. The quantitative estimate of drug-likeness (QED) is 0.765. The van der Waals surface area contributed by atoms with Crippen molar-refractivity contribution in [1.29, 1.82) is 0 Å². The number of rotatable bonds is 5. The van der Waals surface area contributed by atoms with Crippen molar-refractivity contribution in [2.75, 3.05) is 13.1 Å². The van der Waals surface area contributed by atoms with Crippen molar-refractivity contribution in [2.24, 2.45) is 0 Å². The van der Waals surface area contributed by atoms with E-state index >= 15 is 0 Å². The highest BCUT2D eigenvalue weighted by Crippen LogP contribution is 2.19. The van der Waals surface area contributed by atoms with Crippen LogP contribution >= 0.6 is 0 Å². The van der Waals surface area contributed by atoms with Crippen molar-refractivity contribution in [3.8, 4) is 0 Å². The summed E-state index contributed by atoms with van der Waals surface area (Å²) >= 11 is 0. The lowest BCUT2D eigenvalue weighted by molar-refractivity contribution is -0.156. The van der Waals surface area contributed by atoms with Crippen molar-refractivity contribution in [3.63, 3.8) is 0 Å². The van der Waals surface area contributed by atoms with E-state index in [0.29, 0.717) is 5.56 Å². The molecule has 24 heavy (non-hydrogen) atoms. The van der Waals surface area contributed by atoms with E-state index < -0.39 is 36.9 Å². The van der Waals surface area contributed by atoms with Gasteiger partial charge in [0.2, 0.25) is 0 Å². The smallest absolute Gasteiger partial charge is 0.411 e. The minimum absolute atomic E-state index is 0.0894. The van der Waals surface area contributed by atoms with Gasteiger partial charge in [-0.3, -0.25) is 9.69 Å². The molecule has 8 heteroatoms. The highest BCUT2D eigenvalue weighted by molar-refractivity contribution is 5.78. The summed E-state index contributed by atoms with van der Waals surface area (Å²) in [5, 5.41) is 0. The summed E-state index contributed by atoms with van der Waals surface area (Å²) in [7, 11) is 0. The molecule has 134 valence electrons. The van der Waals surface area contributed by atoms with Crippen LogP contribution in [-0.4, -0.2) is 41.8 Å². The van der Waals surface area contributed by atoms with E-state index in [1.165, 1.54) is 20.8 Å². The fourth-order valence-corrected chi connectivity index (χ4v) is 1.67. The van der Waals surface area contributed by atoms with Gasteiger partial charge in [0, 0.05) is 0 Å². The third-order valence-corrected chi connectivity index (χ3v) is 2.58. The molecule has 0 fully saturated rings. The molecular formula is C16H20F3NO4. The van der Waals surface area contributed by atoms with Gasteiger partial charge in [-0.15, -0.1) is 0 Å². The molecule has 0 aliphatic carbocycles. The SMILES string of the molecule is CC(C)(C)OC(=O)N(CC(=O)OCc1ccccc1)CC(F)(F)F. The van der Waals surface area contributed by atoms with Crippen LogP contribution in [0.4, 0.5) is 18.0 Å². The Labute approximate surface area is 138 Å². The average Bonchev–Trinajstić information content (AvgIpc) is 2.42. The molecule has 0 N–H and O–H groups in total. The Morgan fingerprint density at radius 1 is 1.08 bits per heavy atom. The lowest BCUT2D eigenvalue weighted by Crippen LogP contribution is -2.44. The summed E-state index contributed by atoms with van der Waals surface area (Å²) in [6.07, 6.45) is -5.88. The number of hydrogen-bond acceptors (Lipinski definition) is 4. The van der Waals surface area contributed by atoms with Gasteiger partial charge in [0.25, 0.3) is 0 Å². The topological polar surface area (TPSA) is 55.8 Å². The van der Waals surface area contributed by atoms with Crippen LogP contribution in [-0.2, 0) is 20.9 Å². The van der Waals surface area contributed by atoms with Gasteiger partial charge in [-0.1, -0.05) is 30.3 Å². The summed E-state index contributed by atoms with van der Waals surface area (Å²) in [6, 6.07) is 8.65. The fourth-order valence-electron chi connectivity index (χ4n) is 1.67. The predicted octanol–water partition coefficient (Wildman–Crippen LogP) is 3.53. The van der Waals surface area contributed by atoms with E-state index in [2.05, 4.69) is 0 Å². The number of esters is 1. The number of benzene rings is 1. The number of nitrogens with zero attached hydrogens (tertiary/aromatic N) is 1. The normalized spacial score (nSPS) is 11.8. The van der Waals surface area contributed by atoms with Crippen molar-refractivity contribution in [1.82, 2.24) is 4.90 Å². The molecule has 0 unspecified atom stereocenters. The molecule has 0 atom stereocenters. The van der Waals surface area contributed by atoms with Crippen LogP contribution in [0.15, 0.2) is 30.3 Å². The minimum Gasteiger partial charge on any atom is -0.459 e. The molecule has 0 aliphatic heterocycles. The van der Waals surface area contributed by atoms with Gasteiger partial charge in [-0.25, -0.2) is 4.79 Å². The zero-order chi connectivity index (χ0) is 18.4. The summed E-state index contributed by atoms with van der Waals surface area (Å²) < 4.78 is 47.6. The van der Waals surface area contributed by atoms with Crippen LogP contribution in [0.2, 0.25) is 0 Å². The number of carbonyl (C=O) groups excluding carboxylic acids is 2. The molecular weight excluding hydrogens is 327 g/mol. The summed E-state index contributed by atoms with van der Waals surface area (Å²) in [6.45, 7) is 2.02. The Hall–Kier alpha value is -2.25. The highest BCUT2D eigenvalue weighted by atomic mass is 19.4. The second kappa shape index (κ2) is 8.03. The highest BCUT2D eigenvalue weighted by Gasteiger charge is 2.36. The molecule has 0 aromatic heterocycles. The van der Waals surface area contributed by atoms with E-state index in [1.807, 2.05) is 0 Å². The molecule has 0 aliphatic rings. The van der Waals surface area contributed by atoms with E-state index in [0.717, 1.165) is 0 Å². The third kappa shape index (κ3) is 8.40. The maximum absolute atomic E-state index is 12.6. The second-order valence-corrected chi connectivity index (χ2v) is 6.10. The molecule has 0 saturated carbocycles. The average molecular weight is 347 g/mol. The Morgan fingerprint density at radius 2 is 1.67 bits per heavy atom. The van der Waals surface area contributed by atoms with E-state index in [-0.39, 0.29) is 11.5 Å². The number of alkyl halides is 3. The summed E-state index contributed by atoms with van der Waals surface area (Å²) in [4.78, 5) is 23.9. The van der Waals surface area contributed by atoms with Crippen LogP contribution < -0.4 is 0 Å². The number of amides is 1. The van der Waals surface area contributed by atoms with E-state index in [4.69, 9.17) is 9.47 Å². The standard InChI is InChI=1S/C16H20F3NO4/c1-15(2,3)24-14(22)20(11-16(17,18)19)9-13(21)23-10-12-7-5-4-6-8-12/h4-8H,9-11H2,1-3H3. The minimum atomic E-state index is -4.66. The largest absolute Gasteiger partial charge is 0.459 e. The lowest BCUT2D eigenvalue weighted by atomic mass is 10.2. The first kappa shape index (κ1) is 19.8. The van der Waals surface area contributed by atoms with Crippen LogP contribution in [0, 0.1) is 0 Å². The third-order valence-electron chi connectivity index (χ3n) is 2.58. The van der Waals surface area contributed by atoms with Gasteiger partial charge in [0.1, 0.15) is 25.3 Å². The van der Waals surface area contributed by atoms with Gasteiger partial charge >= 0.3 is 18.2 Å². The molecule has 1 rings (SSSR count). The summed E-state index contributed by atoms with van der Waals surface area (Å²) in [5.74, 6) is -0.950. The maximum Gasteiger partial charge on any atom is 0.411 e. The van der Waals surface area contributed by atoms with Gasteiger partial charge in [-0.05, 0) is 26.3 Å². The van der Waals surface area contributed by atoms with Crippen molar-refractivity contribution >= 4 is 12.1 Å². The van der Waals surface area contributed by atoms with Crippen molar-refractivity contribution in [3.05, 3.63) is 35.9 Å². The van der Waals surface area contributed by atoms with Crippen LogP contribution in [0.3, 0.4) is 0 Å². The molecule has 0 saturated heterocycles. The number of hydrogen-bond donors (Lipinski definition) is 0. The predicted molar refractivity (Wildman–Crippen MR) is 80.1 cm³/mol. The van der Waals surface area contributed by atoms with Crippen LogP contribution in [0.1, 0.15) is 26.3 Å². The van der Waals surface area contributed by atoms with Gasteiger partial charge in [0.15, 0.2) is 0 Å². The first-order chi connectivity index (χ1) is 11.0. The van der Waals surface area contributed by atoms with Crippen molar-refractivity contribution in [2.45, 2.75) is 39.2 Å². The number of ether oxygens (including phenoxy) is 2. The Bertz CT molecular complexity index is 553. The van der Waals surface area contributed by atoms with Gasteiger partial charge < -0.3 is 9.47 Å². The molecule has 0 heterocycles. The second-order valence-electron chi connectivity index (χ2n) is 6.10.